The minimum Gasteiger partial charge on any atom is -0.465 e. The Morgan fingerprint density at radius 2 is 0.649 bits per heavy atom. The number of amides is 1. The highest BCUT2D eigenvalue weighted by atomic mass is 16.5. The highest BCUT2D eigenvalue weighted by Crippen LogP contribution is 2.19. The lowest BCUT2D eigenvalue weighted by atomic mass is 10.0. The van der Waals surface area contributed by atoms with Crippen LogP contribution in [0, 0.1) is 0 Å². The van der Waals surface area contributed by atoms with Crippen molar-refractivity contribution in [2.75, 3.05) is 13.2 Å². The van der Waals surface area contributed by atoms with Gasteiger partial charge in [0.1, 0.15) is 0 Å². The molecule has 0 aromatic heterocycles. The van der Waals surface area contributed by atoms with E-state index in [2.05, 4.69) is 43.5 Å². The summed E-state index contributed by atoms with van der Waals surface area (Å²) in [6.45, 7) is 4.88. The monoisotopic (exact) mass is 1080 g/mol. The molecule has 0 aromatic rings. The second-order valence-electron chi connectivity index (χ2n) is 24.2. The van der Waals surface area contributed by atoms with Crippen LogP contribution >= 0.6 is 0 Å². The van der Waals surface area contributed by atoms with Gasteiger partial charge in [0, 0.05) is 12.8 Å². The Morgan fingerprint density at radius 3 is 0.987 bits per heavy atom. The van der Waals surface area contributed by atoms with Gasteiger partial charge in [-0.3, -0.25) is 9.59 Å². The van der Waals surface area contributed by atoms with E-state index in [9.17, 15) is 19.8 Å². The number of hydrogen-bond acceptors (Lipinski definition) is 5. The molecule has 77 heavy (non-hydrogen) atoms. The van der Waals surface area contributed by atoms with Crippen molar-refractivity contribution in [1.82, 2.24) is 5.32 Å². The maximum Gasteiger partial charge on any atom is 0.305 e. The quantitative estimate of drug-likeness (QED) is 0.0320. The number of aliphatic hydroxyl groups is 2. The van der Waals surface area contributed by atoms with Gasteiger partial charge < -0.3 is 20.3 Å². The molecule has 0 aliphatic rings. The van der Waals surface area contributed by atoms with Crippen LogP contribution in [0.25, 0.3) is 0 Å². The average molecular weight is 1080 g/mol. The number of unbranched alkanes of at least 4 members (excludes halogenated alkanes) is 51. The fraction of sp³-hybridized carbons (Fsp3) is 0.915. The number of hydrogen-bond donors (Lipinski definition) is 3. The minimum absolute atomic E-state index is 0.0319. The predicted molar refractivity (Wildman–Crippen MR) is 338 cm³/mol. The van der Waals surface area contributed by atoms with Crippen LogP contribution < -0.4 is 5.32 Å². The van der Waals surface area contributed by atoms with E-state index < -0.39 is 12.1 Å². The fourth-order valence-electron chi connectivity index (χ4n) is 11.2. The first kappa shape index (κ1) is 75.3. The van der Waals surface area contributed by atoms with Crippen LogP contribution in [0.3, 0.4) is 0 Å². The van der Waals surface area contributed by atoms with Crippen LogP contribution in [-0.4, -0.2) is 47.4 Å². The molecule has 0 heterocycles. The third-order valence-corrected chi connectivity index (χ3v) is 16.5. The first-order valence-electron chi connectivity index (χ1n) is 35.1. The van der Waals surface area contributed by atoms with Crippen LogP contribution in [0.5, 0.6) is 0 Å². The first-order chi connectivity index (χ1) is 38.0. The Hall–Kier alpha value is -1.66. The fourth-order valence-corrected chi connectivity index (χ4v) is 11.2. The van der Waals surface area contributed by atoms with Crippen molar-refractivity contribution in [3.05, 3.63) is 24.3 Å². The van der Waals surface area contributed by atoms with Crippen LogP contribution in [0.4, 0.5) is 0 Å². The van der Waals surface area contributed by atoms with E-state index >= 15 is 0 Å². The molecule has 0 saturated carbocycles. The molecule has 0 saturated heterocycles. The standard InChI is InChI=1S/C71H137NO5/c1-3-5-7-9-11-13-15-17-19-20-21-22-23-24-25-27-30-33-36-39-43-47-51-55-59-63-69(74)68(67-73)72-70(75)64-60-56-52-48-44-40-37-34-31-28-26-29-32-35-38-42-46-50-54-58-62-66-77-71(76)65-61-57-53-49-45-41-18-16-14-12-10-8-6-4-2/h42,46,54,58,68-69,73-74H,3-41,43-45,47-53,55-57,59-67H2,1-2H3,(H,72,75)/b46-42-,58-54-. The van der Waals surface area contributed by atoms with Crippen LogP contribution in [0.15, 0.2) is 24.3 Å². The van der Waals surface area contributed by atoms with Crippen molar-refractivity contribution in [1.29, 1.82) is 0 Å². The number of rotatable bonds is 66. The zero-order valence-electron chi connectivity index (χ0n) is 52.2. The normalized spacial score (nSPS) is 12.6. The predicted octanol–water partition coefficient (Wildman–Crippen LogP) is 22.5. The zero-order chi connectivity index (χ0) is 55.7. The van der Waals surface area contributed by atoms with Crippen molar-refractivity contribution >= 4 is 11.9 Å². The largest absolute Gasteiger partial charge is 0.465 e. The summed E-state index contributed by atoms with van der Waals surface area (Å²) in [5, 5.41) is 23.4. The van der Waals surface area contributed by atoms with Crippen molar-refractivity contribution < 1.29 is 24.5 Å². The topological polar surface area (TPSA) is 95.9 Å². The molecule has 1 amide bonds. The smallest absolute Gasteiger partial charge is 0.305 e. The van der Waals surface area contributed by atoms with Gasteiger partial charge >= 0.3 is 5.97 Å². The Morgan fingerprint density at radius 1 is 0.364 bits per heavy atom. The summed E-state index contributed by atoms with van der Waals surface area (Å²) in [6, 6.07) is -0.547. The van der Waals surface area contributed by atoms with Crippen molar-refractivity contribution in [2.24, 2.45) is 0 Å². The van der Waals surface area contributed by atoms with Crippen LogP contribution in [-0.2, 0) is 14.3 Å². The highest BCUT2D eigenvalue weighted by Gasteiger charge is 2.20. The molecule has 6 heteroatoms. The number of ether oxygens (including phenoxy) is 1. The van der Waals surface area contributed by atoms with E-state index in [1.54, 1.807) is 0 Å². The maximum atomic E-state index is 12.6. The summed E-state index contributed by atoms with van der Waals surface area (Å²) >= 11 is 0. The van der Waals surface area contributed by atoms with Gasteiger partial charge in [-0.2, -0.15) is 0 Å². The molecule has 2 unspecified atom stereocenters. The lowest BCUT2D eigenvalue weighted by molar-refractivity contribution is -0.143. The molecule has 0 radical (unpaired) electrons. The van der Waals surface area contributed by atoms with Gasteiger partial charge in [0.25, 0.3) is 0 Å². The molecule has 0 aromatic carbocycles. The minimum atomic E-state index is -0.669. The summed E-state index contributed by atoms with van der Waals surface area (Å²) in [7, 11) is 0. The van der Waals surface area contributed by atoms with E-state index in [0.717, 1.165) is 51.4 Å². The van der Waals surface area contributed by atoms with E-state index in [0.29, 0.717) is 25.9 Å². The Bertz CT molecular complexity index is 1200. The zero-order valence-corrected chi connectivity index (χ0v) is 52.2. The highest BCUT2D eigenvalue weighted by molar-refractivity contribution is 5.76. The number of carbonyl (C=O) groups excluding carboxylic acids is 2. The molecule has 0 aliphatic heterocycles. The second kappa shape index (κ2) is 66.8. The van der Waals surface area contributed by atoms with Gasteiger partial charge in [0.15, 0.2) is 0 Å². The number of esters is 1. The van der Waals surface area contributed by atoms with E-state index in [-0.39, 0.29) is 18.5 Å². The number of aliphatic hydroxyl groups excluding tert-OH is 2. The summed E-state index contributed by atoms with van der Waals surface area (Å²) in [6.07, 6.45) is 83.8. The van der Waals surface area contributed by atoms with Gasteiger partial charge in [-0.1, -0.05) is 359 Å². The van der Waals surface area contributed by atoms with Gasteiger partial charge in [0.2, 0.25) is 5.91 Å². The van der Waals surface area contributed by atoms with E-state index in [1.807, 2.05) is 0 Å². The number of allylic oxidation sites excluding steroid dienone is 3. The average Bonchev–Trinajstić information content (AvgIpc) is 3.43. The molecular formula is C71H137NO5. The lowest BCUT2D eigenvalue weighted by Crippen LogP contribution is -2.45. The molecular weight excluding hydrogens is 947 g/mol. The molecule has 0 spiro atoms. The maximum absolute atomic E-state index is 12.6. The second-order valence-corrected chi connectivity index (χ2v) is 24.2. The van der Waals surface area contributed by atoms with Crippen molar-refractivity contribution in [2.45, 2.75) is 405 Å². The lowest BCUT2D eigenvalue weighted by Gasteiger charge is -2.22. The Labute approximate surface area is 481 Å². The third-order valence-electron chi connectivity index (χ3n) is 16.5. The van der Waals surface area contributed by atoms with Gasteiger partial charge in [-0.05, 0) is 44.9 Å². The van der Waals surface area contributed by atoms with Gasteiger partial charge in [0.05, 0.1) is 25.4 Å². The molecule has 0 fully saturated rings. The third kappa shape index (κ3) is 63.4. The molecule has 2 atom stereocenters. The molecule has 3 N–H and O–H groups in total. The molecule has 0 bridgehead atoms. The summed E-state index contributed by atoms with van der Waals surface area (Å²) in [5.74, 6) is -0.0668. The SMILES string of the molecule is CCCCCCCCCCCCCCCCCCCCCCCCCCCC(O)C(CO)NC(=O)CCCCCCCCCCCCCCCC/C=C\C/C=C\CCOC(=O)CCCCCCCCCCCCCCCC. The van der Waals surface area contributed by atoms with Gasteiger partial charge in [-0.25, -0.2) is 0 Å². The van der Waals surface area contributed by atoms with E-state index in [1.165, 1.54) is 308 Å². The van der Waals surface area contributed by atoms with Crippen LogP contribution in [0.2, 0.25) is 0 Å². The summed E-state index contributed by atoms with van der Waals surface area (Å²) in [4.78, 5) is 24.6. The van der Waals surface area contributed by atoms with Crippen LogP contribution in [0.1, 0.15) is 393 Å². The summed E-state index contributed by atoms with van der Waals surface area (Å²) < 4.78 is 5.42. The summed E-state index contributed by atoms with van der Waals surface area (Å²) in [5.41, 5.74) is 0. The van der Waals surface area contributed by atoms with Crippen molar-refractivity contribution in [3.63, 3.8) is 0 Å². The molecule has 456 valence electrons. The molecule has 0 aliphatic carbocycles. The first-order valence-corrected chi connectivity index (χ1v) is 35.1. The Balaban J connectivity index is 3.43. The molecule has 6 nitrogen and oxygen atoms in total. The molecule has 0 rings (SSSR count). The number of carbonyl (C=O) groups is 2. The number of nitrogens with one attached hydrogen (secondary N) is 1. The van der Waals surface area contributed by atoms with E-state index in [4.69, 9.17) is 4.74 Å². The Kier molecular flexibility index (Phi) is 65.4. The van der Waals surface area contributed by atoms with Crippen molar-refractivity contribution in [3.8, 4) is 0 Å². The van der Waals surface area contributed by atoms with Gasteiger partial charge in [-0.15, -0.1) is 0 Å².